The zero-order chi connectivity index (χ0) is 14.7. The lowest BCUT2D eigenvalue weighted by molar-refractivity contribution is -0.139. The molecule has 0 aliphatic rings. The highest BCUT2D eigenvalue weighted by Gasteiger charge is 2.06. The Morgan fingerprint density at radius 2 is 1.81 bits per heavy atom. The molecule has 0 atom stereocenters. The Hall–Kier alpha value is -2.60. The Morgan fingerprint density at radius 1 is 1.10 bits per heavy atom. The van der Waals surface area contributed by atoms with Crippen LogP contribution in [-0.4, -0.2) is 22.7 Å². The van der Waals surface area contributed by atoms with Crippen molar-refractivity contribution in [3.05, 3.63) is 48.5 Å². The van der Waals surface area contributed by atoms with E-state index in [0.717, 1.165) is 10.2 Å². The Bertz CT molecular complexity index is 734. The van der Waals surface area contributed by atoms with Crippen LogP contribution in [0.2, 0.25) is 0 Å². The summed E-state index contributed by atoms with van der Waals surface area (Å²) < 4.78 is 11.8. The molecule has 0 amide bonds. The first-order valence-corrected chi connectivity index (χ1v) is 7.00. The molecule has 1 aromatic heterocycles. The van der Waals surface area contributed by atoms with Crippen LogP contribution in [0.25, 0.3) is 10.2 Å². The maximum atomic E-state index is 10.4. The maximum absolute atomic E-state index is 10.4. The highest BCUT2D eigenvalue weighted by atomic mass is 32.1. The summed E-state index contributed by atoms with van der Waals surface area (Å²) in [5.74, 6) is 0.0931. The van der Waals surface area contributed by atoms with Gasteiger partial charge in [0.1, 0.15) is 11.5 Å². The van der Waals surface area contributed by atoms with Crippen LogP contribution in [0.5, 0.6) is 16.7 Å². The Balaban J connectivity index is 1.71. The van der Waals surface area contributed by atoms with E-state index in [1.54, 1.807) is 24.3 Å². The van der Waals surface area contributed by atoms with Gasteiger partial charge in [-0.05, 0) is 36.4 Å². The van der Waals surface area contributed by atoms with Gasteiger partial charge < -0.3 is 14.6 Å². The monoisotopic (exact) mass is 301 g/mol. The lowest BCUT2D eigenvalue weighted by Gasteiger charge is -2.04. The third-order valence-corrected chi connectivity index (χ3v) is 3.58. The quantitative estimate of drug-likeness (QED) is 0.780. The van der Waals surface area contributed by atoms with Crippen molar-refractivity contribution in [1.29, 1.82) is 0 Å². The van der Waals surface area contributed by atoms with Crippen molar-refractivity contribution >= 4 is 27.5 Å². The van der Waals surface area contributed by atoms with E-state index in [0.29, 0.717) is 16.7 Å². The smallest absolute Gasteiger partial charge is 0.341 e. The molecule has 1 N–H and O–H groups in total. The number of para-hydroxylation sites is 1. The van der Waals surface area contributed by atoms with Gasteiger partial charge in [0.05, 0.1) is 10.2 Å². The minimum Gasteiger partial charge on any atom is -0.482 e. The van der Waals surface area contributed by atoms with Crippen LogP contribution in [0.3, 0.4) is 0 Å². The van der Waals surface area contributed by atoms with E-state index in [1.807, 2.05) is 24.3 Å². The van der Waals surface area contributed by atoms with Crippen LogP contribution in [0, 0.1) is 0 Å². The van der Waals surface area contributed by atoms with Crippen LogP contribution >= 0.6 is 11.3 Å². The molecule has 0 spiro atoms. The van der Waals surface area contributed by atoms with Crippen molar-refractivity contribution in [3.8, 4) is 16.7 Å². The number of carboxylic acids is 1. The fourth-order valence-corrected chi connectivity index (χ4v) is 2.58. The molecule has 3 rings (SSSR count). The number of carbonyl (C=O) groups is 1. The zero-order valence-electron chi connectivity index (χ0n) is 10.9. The van der Waals surface area contributed by atoms with Crippen molar-refractivity contribution < 1.29 is 19.4 Å². The maximum Gasteiger partial charge on any atom is 0.341 e. The first kappa shape index (κ1) is 13.4. The predicted octanol–water partition coefficient (Wildman–Crippen LogP) is 3.55. The summed E-state index contributed by atoms with van der Waals surface area (Å²) in [5, 5.41) is 9.10. The molecule has 0 aliphatic heterocycles. The van der Waals surface area contributed by atoms with Crippen LogP contribution in [-0.2, 0) is 4.79 Å². The zero-order valence-corrected chi connectivity index (χ0v) is 11.7. The lowest BCUT2D eigenvalue weighted by Crippen LogP contribution is -2.09. The Morgan fingerprint density at radius 3 is 2.52 bits per heavy atom. The summed E-state index contributed by atoms with van der Waals surface area (Å²) in [7, 11) is 0. The van der Waals surface area contributed by atoms with Gasteiger partial charge in [0.15, 0.2) is 6.61 Å². The van der Waals surface area contributed by atoms with E-state index in [9.17, 15) is 4.79 Å². The Kier molecular flexibility index (Phi) is 3.70. The third-order valence-electron chi connectivity index (χ3n) is 2.67. The second-order valence-electron chi connectivity index (χ2n) is 4.20. The minimum atomic E-state index is -1.01. The van der Waals surface area contributed by atoms with Gasteiger partial charge >= 0.3 is 5.97 Å². The van der Waals surface area contributed by atoms with Gasteiger partial charge in [0.2, 0.25) is 0 Å². The van der Waals surface area contributed by atoms with Crippen LogP contribution in [0.1, 0.15) is 0 Å². The average Bonchev–Trinajstić information content (AvgIpc) is 2.88. The molecule has 0 saturated carbocycles. The van der Waals surface area contributed by atoms with Crippen molar-refractivity contribution in [2.45, 2.75) is 0 Å². The first-order valence-electron chi connectivity index (χ1n) is 6.19. The highest BCUT2D eigenvalue weighted by Crippen LogP contribution is 2.31. The largest absolute Gasteiger partial charge is 0.482 e. The molecule has 1 heterocycles. The lowest BCUT2D eigenvalue weighted by atomic mass is 10.3. The molecule has 2 aromatic carbocycles. The summed E-state index contributed by atoms with van der Waals surface area (Å²) in [6.45, 7) is -0.363. The second-order valence-corrected chi connectivity index (χ2v) is 5.20. The molecule has 6 heteroatoms. The van der Waals surface area contributed by atoms with Crippen LogP contribution < -0.4 is 9.47 Å². The molecule has 106 valence electrons. The fraction of sp³-hybridized carbons (Fsp3) is 0.0667. The van der Waals surface area contributed by atoms with Gasteiger partial charge in [0.25, 0.3) is 5.19 Å². The van der Waals surface area contributed by atoms with E-state index < -0.39 is 5.97 Å². The SMILES string of the molecule is O=C(O)COc1ccc(Oc2nc3ccccc3s2)cc1. The second kappa shape index (κ2) is 5.80. The topological polar surface area (TPSA) is 68.7 Å². The van der Waals surface area contributed by atoms with Gasteiger partial charge in [0, 0.05) is 0 Å². The minimum absolute atomic E-state index is 0.363. The molecule has 0 bridgehead atoms. The molecular weight excluding hydrogens is 290 g/mol. The number of thiazole rings is 1. The average molecular weight is 301 g/mol. The summed E-state index contributed by atoms with van der Waals surface area (Å²) in [4.78, 5) is 14.8. The van der Waals surface area contributed by atoms with Crippen molar-refractivity contribution in [3.63, 3.8) is 0 Å². The third kappa shape index (κ3) is 3.29. The van der Waals surface area contributed by atoms with Crippen LogP contribution in [0.4, 0.5) is 0 Å². The number of hydrogen-bond donors (Lipinski definition) is 1. The number of aromatic nitrogens is 1. The predicted molar refractivity (Wildman–Crippen MR) is 79.3 cm³/mol. The van der Waals surface area contributed by atoms with Crippen molar-refractivity contribution in [2.75, 3.05) is 6.61 Å². The van der Waals surface area contributed by atoms with Gasteiger partial charge in [-0.1, -0.05) is 23.5 Å². The van der Waals surface area contributed by atoms with E-state index in [2.05, 4.69) is 4.98 Å². The molecule has 3 aromatic rings. The van der Waals surface area contributed by atoms with Crippen molar-refractivity contribution in [1.82, 2.24) is 4.98 Å². The molecule has 0 fully saturated rings. The Labute approximate surface area is 124 Å². The van der Waals surface area contributed by atoms with E-state index >= 15 is 0 Å². The molecular formula is C15H11NO4S. The summed E-state index contributed by atoms with van der Waals surface area (Å²) in [5.41, 5.74) is 0.902. The first-order chi connectivity index (χ1) is 10.2. The molecule has 5 nitrogen and oxygen atoms in total. The molecule has 0 unspecified atom stereocenters. The molecule has 0 saturated heterocycles. The van der Waals surface area contributed by atoms with E-state index in [4.69, 9.17) is 14.6 Å². The molecule has 0 radical (unpaired) electrons. The number of ether oxygens (including phenoxy) is 2. The number of rotatable bonds is 5. The number of hydrogen-bond acceptors (Lipinski definition) is 5. The van der Waals surface area contributed by atoms with Gasteiger partial charge in [-0.2, -0.15) is 0 Å². The standard InChI is InChI=1S/C15H11NO4S/c17-14(18)9-19-10-5-7-11(8-6-10)20-15-16-12-3-1-2-4-13(12)21-15/h1-8H,9H2,(H,17,18). The number of aliphatic carboxylic acids is 1. The number of nitrogens with zero attached hydrogens (tertiary/aromatic N) is 1. The highest BCUT2D eigenvalue weighted by molar-refractivity contribution is 7.20. The summed E-state index contributed by atoms with van der Waals surface area (Å²) >= 11 is 1.47. The molecule has 21 heavy (non-hydrogen) atoms. The molecule has 0 aliphatic carbocycles. The van der Waals surface area contributed by atoms with E-state index in [1.165, 1.54) is 11.3 Å². The van der Waals surface area contributed by atoms with Crippen molar-refractivity contribution in [2.24, 2.45) is 0 Å². The number of fused-ring (bicyclic) bond motifs is 1. The fourth-order valence-electron chi connectivity index (χ4n) is 1.74. The normalized spacial score (nSPS) is 10.5. The van der Waals surface area contributed by atoms with Gasteiger partial charge in [-0.15, -0.1) is 0 Å². The van der Waals surface area contributed by atoms with Crippen LogP contribution in [0.15, 0.2) is 48.5 Å². The van der Waals surface area contributed by atoms with Gasteiger partial charge in [-0.25, -0.2) is 9.78 Å². The summed E-state index contributed by atoms with van der Waals surface area (Å²) in [6, 6.07) is 14.5. The van der Waals surface area contributed by atoms with E-state index in [-0.39, 0.29) is 6.61 Å². The van der Waals surface area contributed by atoms with Gasteiger partial charge in [-0.3, -0.25) is 0 Å². The number of benzene rings is 2. The number of carboxylic acid groups (broad SMARTS) is 1. The summed E-state index contributed by atoms with van der Waals surface area (Å²) in [6.07, 6.45) is 0.